The molecule has 1 saturated heterocycles. The molecule has 1 aliphatic heterocycles. The van der Waals surface area contributed by atoms with Gasteiger partial charge >= 0.3 is 0 Å². The van der Waals surface area contributed by atoms with Crippen molar-refractivity contribution in [1.29, 1.82) is 0 Å². The molecule has 0 unspecified atom stereocenters. The van der Waals surface area contributed by atoms with Crippen LogP contribution in [0, 0.1) is 0 Å². The Kier molecular flexibility index (Phi) is 5.34. The van der Waals surface area contributed by atoms with Crippen LogP contribution in [0.15, 0.2) is 17.5 Å². The van der Waals surface area contributed by atoms with Gasteiger partial charge in [0.1, 0.15) is 13.1 Å². The zero-order valence-electron chi connectivity index (χ0n) is 10.00. The molecule has 8 heteroatoms. The van der Waals surface area contributed by atoms with E-state index in [2.05, 4.69) is 5.32 Å². The Balaban J connectivity index is 2.07. The average molecular weight is 345 g/mol. The van der Waals surface area contributed by atoms with Crippen molar-refractivity contribution >= 4 is 52.0 Å². The normalized spacial score (nSPS) is 19.1. The summed E-state index contributed by atoms with van der Waals surface area (Å²) in [6.45, 7) is 2.59. The van der Waals surface area contributed by atoms with E-state index < -0.39 is 9.96 Å². The van der Waals surface area contributed by atoms with Crippen LogP contribution in [0.1, 0.15) is 9.67 Å². The van der Waals surface area contributed by atoms with Crippen LogP contribution in [0.2, 0.25) is 0 Å². The van der Waals surface area contributed by atoms with Gasteiger partial charge in [-0.2, -0.15) is 0 Å². The number of amides is 1. The van der Waals surface area contributed by atoms with Crippen molar-refractivity contribution in [2.45, 2.75) is 9.96 Å². The highest BCUT2D eigenvalue weighted by molar-refractivity contribution is 7.12. The molecule has 1 amide bonds. The smallest absolute Gasteiger partial charge is 0.265 e. The molecular formula is C11H14Cl3N2O2S+. The van der Waals surface area contributed by atoms with E-state index in [1.165, 1.54) is 11.3 Å². The number of rotatable bonds is 3. The van der Waals surface area contributed by atoms with Crippen LogP contribution in [0.5, 0.6) is 0 Å². The van der Waals surface area contributed by atoms with Gasteiger partial charge in [0.15, 0.2) is 0 Å². The topological polar surface area (TPSA) is 42.8 Å². The number of thiophene rings is 1. The Bertz CT molecular complexity index is 416. The largest absolute Gasteiger partial charge is 0.370 e. The van der Waals surface area contributed by atoms with Crippen LogP contribution in [0.25, 0.3) is 0 Å². The van der Waals surface area contributed by atoms with Crippen molar-refractivity contribution in [2.24, 2.45) is 0 Å². The fourth-order valence-electron chi connectivity index (χ4n) is 1.95. The number of hydrogen-bond donors (Lipinski definition) is 2. The van der Waals surface area contributed by atoms with Crippen LogP contribution < -0.4 is 10.2 Å². The number of morpholine rings is 1. The number of ether oxygens (including phenoxy) is 1. The lowest BCUT2D eigenvalue weighted by atomic mass is 10.3. The summed E-state index contributed by atoms with van der Waals surface area (Å²) in [4.78, 5) is 13.7. The quantitative estimate of drug-likeness (QED) is 0.806. The summed E-state index contributed by atoms with van der Waals surface area (Å²) in [7, 11) is 0. The predicted octanol–water partition coefficient (Wildman–Crippen LogP) is 1.09. The summed E-state index contributed by atoms with van der Waals surface area (Å²) in [5, 5.41) is 4.65. The first-order valence-corrected chi connectivity index (χ1v) is 7.83. The lowest BCUT2D eigenvalue weighted by Crippen LogP contribution is -3.21. The first-order valence-electron chi connectivity index (χ1n) is 5.82. The third-order valence-corrected chi connectivity index (χ3v) is 4.41. The maximum absolute atomic E-state index is 12.1. The maximum Gasteiger partial charge on any atom is 0.265 e. The fourth-order valence-corrected chi connectivity index (χ4v) is 3.20. The Hall–Kier alpha value is -0.0400. The van der Waals surface area contributed by atoms with Crippen molar-refractivity contribution < 1.29 is 14.4 Å². The Morgan fingerprint density at radius 3 is 2.63 bits per heavy atom. The number of nitrogens with one attached hydrogen (secondary N) is 2. The second-order valence-corrected chi connectivity index (χ2v) is 7.51. The summed E-state index contributed by atoms with van der Waals surface area (Å²) in [6.07, 6.45) is -0.587. The van der Waals surface area contributed by atoms with E-state index in [4.69, 9.17) is 39.5 Å². The molecule has 0 aliphatic carbocycles. The first-order chi connectivity index (χ1) is 8.98. The molecule has 0 bridgehead atoms. The molecule has 19 heavy (non-hydrogen) atoms. The summed E-state index contributed by atoms with van der Waals surface area (Å²) in [5.41, 5.74) is 0. The minimum atomic E-state index is -1.56. The van der Waals surface area contributed by atoms with Crippen molar-refractivity contribution in [3.8, 4) is 0 Å². The van der Waals surface area contributed by atoms with Gasteiger partial charge in [0.2, 0.25) is 6.17 Å². The molecule has 0 saturated carbocycles. The molecule has 2 rings (SSSR count). The van der Waals surface area contributed by atoms with Gasteiger partial charge < -0.3 is 9.64 Å². The van der Waals surface area contributed by atoms with Crippen molar-refractivity contribution in [3.05, 3.63) is 22.4 Å². The van der Waals surface area contributed by atoms with E-state index in [9.17, 15) is 4.79 Å². The van der Waals surface area contributed by atoms with Gasteiger partial charge in [-0.15, -0.1) is 11.3 Å². The number of quaternary nitrogens is 1. The minimum Gasteiger partial charge on any atom is -0.370 e. The average Bonchev–Trinajstić information content (AvgIpc) is 2.89. The standard InChI is InChI=1S/C11H13Cl3N2O2S/c12-11(13,14)10(16-3-5-18-6-4-16)15-9(17)8-2-1-7-19-8/h1-2,7,10H,3-6H2,(H,15,17)/p+1/t10-/m0/s1. The van der Waals surface area contributed by atoms with Gasteiger partial charge in [-0.25, -0.2) is 0 Å². The van der Waals surface area contributed by atoms with Crippen molar-refractivity contribution in [2.75, 3.05) is 26.3 Å². The maximum atomic E-state index is 12.1. The van der Waals surface area contributed by atoms with Gasteiger partial charge in [0.25, 0.3) is 9.70 Å². The van der Waals surface area contributed by atoms with Gasteiger partial charge in [-0.1, -0.05) is 40.9 Å². The van der Waals surface area contributed by atoms with Crippen LogP contribution in [-0.4, -0.2) is 42.2 Å². The summed E-state index contributed by atoms with van der Waals surface area (Å²) >= 11 is 19.3. The van der Waals surface area contributed by atoms with Gasteiger partial charge in [-0.05, 0) is 11.4 Å². The summed E-state index contributed by atoms with van der Waals surface area (Å²) in [6, 6.07) is 3.55. The van der Waals surface area contributed by atoms with Crippen LogP contribution >= 0.6 is 46.1 Å². The van der Waals surface area contributed by atoms with Crippen molar-refractivity contribution in [3.63, 3.8) is 0 Å². The van der Waals surface area contributed by atoms with E-state index in [1.807, 2.05) is 11.4 Å². The van der Waals surface area contributed by atoms with Crippen LogP contribution in [0.3, 0.4) is 0 Å². The summed E-state index contributed by atoms with van der Waals surface area (Å²) in [5.74, 6) is -0.217. The predicted molar refractivity (Wildman–Crippen MR) is 77.4 cm³/mol. The van der Waals surface area contributed by atoms with E-state index in [1.54, 1.807) is 6.07 Å². The molecular weight excluding hydrogens is 331 g/mol. The zero-order valence-corrected chi connectivity index (χ0v) is 13.1. The summed E-state index contributed by atoms with van der Waals surface area (Å²) < 4.78 is 3.72. The Morgan fingerprint density at radius 2 is 2.11 bits per heavy atom. The first kappa shape index (κ1) is 15.4. The van der Waals surface area contributed by atoms with Crippen LogP contribution in [0.4, 0.5) is 0 Å². The molecule has 0 spiro atoms. The lowest BCUT2D eigenvalue weighted by molar-refractivity contribution is -0.934. The van der Waals surface area contributed by atoms with Gasteiger partial charge in [0.05, 0.1) is 18.1 Å². The number of carbonyl (C=O) groups excluding carboxylic acids is 1. The second-order valence-electron chi connectivity index (χ2n) is 4.20. The highest BCUT2D eigenvalue weighted by Gasteiger charge is 2.42. The second kappa shape index (κ2) is 6.61. The highest BCUT2D eigenvalue weighted by atomic mass is 35.6. The van der Waals surface area contributed by atoms with Crippen LogP contribution in [-0.2, 0) is 4.74 Å². The van der Waals surface area contributed by atoms with E-state index in [0.717, 1.165) is 4.90 Å². The molecule has 4 nitrogen and oxygen atoms in total. The van der Waals surface area contributed by atoms with E-state index in [0.29, 0.717) is 31.2 Å². The molecule has 1 fully saturated rings. The van der Waals surface area contributed by atoms with Crippen molar-refractivity contribution in [1.82, 2.24) is 5.32 Å². The molecule has 0 aromatic carbocycles. The molecule has 106 valence electrons. The van der Waals surface area contributed by atoms with Gasteiger partial charge in [0, 0.05) is 0 Å². The highest BCUT2D eigenvalue weighted by Crippen LogP contribution is 2.28. The monoisotopic (exact) mass is 343 g/mol. The SMILES string of the molecule is O=C(N[C@@H]([NH+]1CCOCC1)C(Cl)(Cl)Cl)c1cccs1. The molecule has 2 N–H and O–H groups in total. The Morgan fingerprint density at radius 1 is 1.42 bits per heavy atom. The molecule has 1 aliphatic rings. The number of carbonyl (C=O) groups is 1. The molecule has 1 atom stereocenters. The van der Waals surface area contributed by atoms with E-state index >= 15 is 0 Å². The zero-order chi connectivity index (χ0) is 13.9. The van der Waals surface area contributed by atoms with Gasteiger partial charge in [-0.3, -0.25) is 10.1 Å². The molecule has 0 radical (unpaired) electrons. The minimum absolute atomic E-state index is 0.217. The number of halogens is 3. The lowest BCUT2D eigenvalue weighted by Gasteiger charge is -2.35. The third-order valence-electron chi connectivity index (χ3n) is 2.89. The third kappa shape index (κ3) is 4.21. The Labute approximate surface area is 130 Å². The number of hydrogen-bond acceptors (Lipinski definition) is 3. The molecule has 2 heterocycles. The fraction of sp³-hybridized carbons (Fsp3) is 0.545. The molecule has 1 aromatic heterocycles. The molecule has 1 aromatic rings. The number of alkyl halides is 3. The van der Waals surface area contributed by atoms with E-state index in [-0.39, 0.29) is 5.91 Å².